The molecule has 0 saturated heterocycles. The SMILES string of the molecule is CC1=C(C(N)=O)C(c2ccc([N+](=O)[O-])cc2)n2nc(-c3ccc([N+](=O)[O-])cc3)nc2N1. The zero-order valence-electron chi connectivity index (χ0n) is 16.1. The van der Waals surface area contributed by atoms with Gasteiger partial charge in [0.05, 0.1) is 15.4 Å². The lowest BCUT2D eigenvalue weighted by Crippen LogP contribution is -2.31. The first-order chi connectivity index (χ1) is 14.8. The second-order valence-electron chi connectivity index (χ2n) is 6.79. The molecule has 31 heavy (non-hydrogen) atoms. The molecule has 0 spiro atoms. The number of nitrogens with one attached hydrogen (secondary N) is 1. The summed E-state index contributed by atoms with van der Waals surface area (Å²) in [6, 6.07) is 10.7. The van der Waals surface area contributed by atoms with Crippen LogP contribution in [0.3, 0.4) is 0 Å². The number of fused-ring (bicyclic) bond motifs is 1. The van der Waals surface area contributed by atoms with Crippen molar-refractivity contribution in [1.82, 2.24) is 14.8 Å². The Hall–Kier alpha value is -4.61. The number of nitrogens with zero attached hydrogens (tertiary/aromatic N) is 5. The third-order valence-corrected chi connectivity index (χ3v) is 4.87. The molecule has 0 radical (unpaired) electrons. The number of non-ortho nitro benzene ring substituents is 2. The van der Waals surface area contributed by atoms with Crippen molar-refractivity contribution in [2.75, 3.05) is 5.32 Å². The normalized spacial score (nSPS) is 15.2. The van der Waals surface area contributed by atoms with E-state index in [1.54, 1.807) is 6.92 Å². The standard InChI is InChI=1S/C19H15N7O5/c1-10-15(17(20)27)16(11-2-6-13(7-3-11)25(28)29)24-19(21-10)22-18(23-24)12-4-8-14(9-5-12)26(30)31/h2-9,16H,1H3,(H2,20,27)(H,21,22,23). The number of carbonyl (C=O) groups is 1. The van der Waals surface area contributed by atoms with Crippen molar-refractivity contribution < 1.29 is 14.6 Å². The summed E-state index contributed by atoms with van der Waals surface area (Å²) in [5, 5.41) is 29.3. The molecule has 12 heteroatoms. The lowest BCUT2D eigenvalue weighted by molar-refractivity contribution is -0.385. The highest BCUT2D eigenvalue weighted by atomic mass is 16.6. The molecule has 2 heterocycles. The summed E-state index contributed by atoms with van der Waals surface area (Å²) in [7, 11) is 0. The fraction of sp³-hybridized carbons (Fsp3) is 0.105. The first kappa shape index (κ1) is 19.7. The van der Waals surface area contributed by atoms with E-state index in [4.69, 9.17) is 5.73 Å². The number of carbonyl (C=O) groups excluding carboxylic acids is 1. The van der Waals surface area contributed by atoms with Crippen molar-refractivity contribution in [3.8, 4) is 11.4 Å². The topological polar surface area (TPSA) is 172 Å². The molecule has 1 unspecified atom stereocenters. The summed E-state index contributed by atoms with van der Waals surface area (Å²) >= 11 is 0. The molecule has 0 bridgehead atoms. The summed E-state index contributed by atoms with van der Waals surface area (Å²) in [4.78, 5) is 37.5. The molecule has 2 aromatic carbocycles. The molecule has 3 aromatic rings. The third-order valence-electron chi connectivity index (χ3n) is 4.87. The number of benzene rings is 2. The van der Waals surface area contributed by atoms with Crippen LogP contribution in [0.5, 0.6) is 0 Å². The Kier molecular flexibility index (Phi) is 4.66. The molecule has 0 fully saturated rings. The van der Waals surface area contributed by atoms with Gasteiger partial charge in [-0.1, -0.05) is 0 Å². The summed E-state index contributed by atoms with van der Waals surface area (Å²) in [5.74, 6) is -0.0616. The average Bonchev–Trinajstić information content (AvgIpc) is 3.16. The van der Waals surface area contributed by atoms with Crippen LogP contribution in [0.4, 0.5) is 17.3 Å². The molecule has 1 amide bonds. The second-order valence-corrected chi connectivity index (χ2v) is 6.79. The molecule has 4 rings (SSSR count). The predicted octanol–water partition coefficient (Wildman–Crippen LogP) is 2.54. The number of anilines is 1. The number of rotatable bonds is 5. The van der Waals surface area contributed by atoms with E-state index in [9.17, 15) is 25.0 Å². The molecule has 1 aliphatic rings. The maximum atomic E-state index is 12.2. The summed E-state index contributed by atoms with van der Waals surface area (Å²) < 4.78 is 1.46. The van der Waals surface area contributed by atoms with Gasteiger partial charge in [-0.15, -0.1) is 5.10 Å². The summed E-state index contributed by atoms with van der Waals surface area (Å²) in [6.45, 7) is 1.67. The Morgan fingerprint density at radius 3 is 2.10 bits per heavy atom. The van der Waals surface area contributed by atoms with Crippen LogP contribution in [0.2, 0.25) is 0 Å². The van der Waals surface area contributed by atoms with Crippen molar-refractivity contribution in [2.45, 2.75) is 13.0 Å². The number of amides is 1. The molecule has 12 nitrogen and oxygen atoms in total. The number of nitrogens with two attached hydrogens (primary N) is 1. The van der Waals surface area contributed by atoms with Crippen LogP contribution in [0.15, 0.2) is 59.8 Å². The van der Waals surface area contributed by atoms with E-state index in [1.165, 1.54) is 53.2 Å². The molecular weight excluding hydrogens is 406 g/mol. The van der Waals surface area contributed by atoms with Crippen LogP contribution < -0.4 is 11.1 Å². The predicted molar refractivity (Wildman–Crippen MR) is 109 cm³/mol. The number of aromatic nitrogens is 3. The highest BCUT2D eigenvalue weighted by molar-refractivity contribution is 5.95. The fourth-order valence-corrected chi connectivity index (χ4v) is 3.41. The highest BCUT2D eigenvalue weighted by Crippen LogP contribution is 2.36. The van der Waals surface area contributed by atoms with Crippen molar-refractivity contribution in [2.24, 2.45) is 5.73 Å². The van der Waals surface area contributed by atoms with Crippen LogP contribution >= 0.6 is 0 Å². The van der Waals surface area contributed by atoms with Crippen molar-refractivity contribution >= 4 is 23.2 Å². The Bertz CT molecular complexity index is 1250. The number of primary amides is 1. The Balaban J connectivity index is 1.81. The summed E-state index contributed by atoms with van der Waals surface area (Å²) in [6.07, 6.45) is 0. The monoisotopic (exact) mass is 421 g/mol. The minimum Gasteiger partial charge on any atom is -0.366 e. The Morgan fingerprint density at radius 2 is 1.58 bits per heavy atom. The van der Waals surface area contributed by atoms with Crippen LogP contribution in [-0.4, -0.2) is 30.5 Å². The minimum atomic E-state index is -0.756. The molecule has 3 N–H and O–H groups in total. The maximum absolute atomic E-state index is 12.2. The van der Waals surface area contributed by atoms with E-state index < -0.39 is 21.8 Å². The highest BCUT2D eigenvalue weighted by Gasteiger charge is 2.33. The van der Waals surface area contributed by atoms with Crippen molar-refractivity contribution in [3.05, 3.63) is 85.6 Å². The first-order valence-corrected chi connectivity index (χ1v) is 8.99. The number of hydrogen-bond acceptors (Lipinski definition) is 8. The van der Waals surface area contributed by atoms with E-state index >= 15 is 0 Å². The quantitative estimate of drug-likeness (QED) is 0.467. The van der Waals surface area contributed by atoms with Gasteiger partial charge in [-0.3, -0.25) is 25.0 Å². The minimum absolute atomic E-state index is 0.0665. The van der Waals surface area contributed by atoms with Crippen molar-refractivity contribution in [1.29, 1.82) is 0 Å². The molecular formula is C19H15N7O5. The van der Waals surface area contributed by atoms with E-state index in [0.717, 1.165) is 0 Å². The third kappa shape index (κ3) is 3.46. The van der Waals surface area contributed by atoms with Gasteiger partial charge in [-0.25, -0.2) is 4.68 Å². The molecule has 156 valence electrons. The number of allylic oxidation sites excluding steroid dienone is 1. The largest absolute Gasteiger partial charge is 0.366 e. The van der Waals surface area contributed by atoms with Gasteiger partial charge in [-0.05, 0) is 36.8 Å². The van der Waals surface area contributed by atoms with E-state index in [1.807, 2.05) is 0 Å². The van der Waals surface area contributed by atoms with Gasteiger partial charge >= 0.3 is 0 Å². The zero-order chi connectivity index (χ0) is 22.3. The van der Waals surface area contributed by atoms with E-state index in [-0.39, 0.29) is 22.8 Å². The smallest absolute Gasteiger partial charge is 0.269 e. The van der Waals surface area contributed by atoms with Gasteiger partial charge in [0.25, 0.3) is 11.4 Å². The lowest BCUT2D eigenvalue weighted by Gasteiger charge is -2.27. The number of nitro benzene ring substituents is 2. The molecule has 0 aliphatic carbocycles. The van der Waals surface area contributed by atoms with Gasteiger partial charge in [-0.2, -0.15) is 4.98 Å². The Labute approximate surface area is 174 Å². The molecule has 1 aromatic heterocycles. The van der Waals surface area contributed by atoms with Crippen LogP contribution in [0, 0.1) is 20.2 Å². The van der Waals surface area contributed by atoms with Crippen molar-refractivity contribution in [3.63, 3.8) is 0 Å². The van der Waals surface area contributed by atoms with Gasteiger partial charge in [0.15, 0.2) is 5.82 Å². The molecule has 0 saturated carbocycles. The molecule has 1 atom stereocenters. The summed E-state index contributed by atoms with van der Waals surface area (Å²) in [5.41, 5.74) is 7.26. The Morgan fingerprint density at radius 1 is 1.03 bits per heavy atom. The van der Waals surface area contributed by atoms with Crippen LogP contribution in [0.25, 0.3) is 11.4 Å². The first-order valence-electron chi connectivity index (χ1n) is 8.99. The van der Waals surface area contributed by atoms with Gasteiger partial charge in [0.2, 0.25) is 11.9 Å². The average molecular weight is 421 g/mol. The fourth-order valence-electron chi connectivity index (χ4n) is 3.41. The van der Waals surface area contributed by atoms with Gasteiger partial charge in [0.1, 0.15) is 6.04 Å². The molecule has 1 aliphatic heterocycles. The van der Waals surface area contributed by atoms with Gasteiger partial charge in [0, 0.05) is 35.5 Å². The number of nitro groups is 2. The van der Waals surface area contributed by atoms with Crippen LogP contribution in [0.1, 0.15) is 18.5 Å². The van der Waals surface area contributed by atoms with E-state index in [2.05, 4.69) is 15.4 Å². The number of hydrogen-bond donors (Lipinski definition) is 2. The second kappa shape index (κ2) is 7.33. The van der Waals surface area contributed by atoms with Crippen LogP contribution in [-0.2, 0) is 4.79 Å². The lowest BCUT2D eigenvalue weighted by atomic mass is 9.95. The maximum Gasteiger partial charge on any atom is 0.269 e. The zero-order valence-corrected chi connectivity index (χ0v) is 16.1. The van der Waals surface area contributed by atoms with E-state index in [0.29, 0.717) is 22.8 Å². The van der Waals surface area contributed by atoms with Gasteiger partial charge < -0.3 is 11.1 Å².